The number of nitrogens with zero attached hydrogens (tertiary/aromatic N) is 1. The third kappa shape index (κ3) is 5.20. The molecule has 0 aromatic heterocycles. The molecule has 276 valence electrons. The Balaban J connectivity index is 1.01. The first kappa shape index (κ1) is 35.6. The monoisotopic (exact) mass is 701 g/mol. The summed E-state index contributed by atoms with van der Waals surface area (Å²) in [5, 5.41) is 11.8. The van der Waals surface area contributed by atoms with E-state index in [0.717, 1.165) is 12.8 Å². The van der Waals surface area contributed by atoms with Crippen LogP contribution in [0.3, 0.4) is 0 Å². The zero-order valence-corrected chi connectivity index (χ0v) is 30.3. The van der Waals surface area contributed by atoms with Gasteiger partial charge in [-0.15, -0.1) is 0 Å². The predicted molar refractivity (Wildman–Crippen MR) is 176 cm³/mol. The molecule has 12 heteroatoms. The van der Waals surface area contributed by atoms with Crippen molar-refractivity contribution in [1.29, 1.82) is 0 Å². The maximum Gasteiger partial charge on any atom is 0.508 e. The van der Waals surface area contributed by atoms with Crippen LogP contribution in [0.1, 0.15) is 99.8 Å². The van der Waals surface area contributed by atoms with Crippen molar-refractivity contribution in [2.45, 2.75) is 141 Å². The number of carbonyl (C=O) groups is 4. The van der Waals surface area contributed by atoms with Crippen molar-refractivity contribution in [3.63, 3.8) is 0 Å². The fourth-order valence-corrected chi connectivity index (χ4v) is 11.1. The van der Waals surface area contributed by atoms with Crippen molar-refractivity contribution < 1.29 is 52.4 Å². The number of Topliss-reactive ketones (excluding diaryl/α,β-unsaturated/α-hetero) is 1. The van der Waals surface area contributed by atoms with Gasteiger partial charge in [0.1, 0.15) is 11.7 Å². The van der Waals surface area contributed by atoms with Crippen LogP contribution in [-0.2, 0) is 33.3 Å². The van der Waals surface area contributed by atoms with E-state index in [4.69, 9.17) is 23.7 Å². The lowest BCUT2D eigenvalue weighted by Gasteiger charge is -2.62. The molecule has 5 aliphatic carbocycles. The highest BCUT2D eigenvalue weighted by Crippen LogP contribution is 2.72. The SMILES string of the molecule is CC(C)(C)OC(=O)N1CCC2(CC1)CC(OC(=O)OCC(=O)[C@@]13OC(C)(C)O[C@@H]1C[C@H]1[C@@H]4CCC5=CC(=O)C=C[C@]5(C)[C@@]4(F)[C@@H](O)C[C@@]13C)C2. The fourth-order valence-electron chi connectivity index (χ4n) is 11.1. The summed E-state index contributed by atoms with van der Waals surface area (Å²) in [4.78, 5) is 53.6. The van der Waals surface area contributed by atoms with Gasteiger partial charge in [-0.25, -0.2) is 14.0 Å². The Morgan fingerprint density at radius 2 is 1.74 bits per heavy atom. The lowest BCUT2D eigenvalue weighted by atomic mass is 9.44. The molecule has 11 nitrogen and oxygen atoms in total. The Labute approximate surface area is 293 Å². The number of aliphatic hydroxyl groups is 1. The zero-order chi connectivity index (χ0) is 36.3. The summed E-state index contributed by atoms with van der Waals surface area (Å²) in [6.45, 7) is 13.1. The largest absolute Gasteiger partial charge is 0.508 e. The van der Waals surface area contributed by atoms with Crippen LogP contribution in [-0.4, -0.2) is 94.5 Å². The molecule has 8 atom stereocenters. The van der Waals surface area contributed by atoms with E-state index in [9.17, 15) is 24.3 Å². The summed E-state index contributed by atoms with van der Waals surface area (Å²) in [5.74, 6) is -2.84. The molecule has 7 rings (SSSR count). The first-order chi connectivity index (χ1) is 23.2. The van der Waals surface area contributed by atoms with Crippen LogP contribution in [0, 0.1) is 28.1 Å². The Hall–Kier alpha value is -2.83. The maximum absolute atomic E-state index is 17.7. The molecule has 6 fully saturated rings. The molecule has 0 aromatic rings. The highest BCUT2D eigenvalue weighted by atomic mass is 19.1. The fraction of sp³-hybridized carbons (Fsp3) is 0.789. The number of ketones is 2. The third-order valence-electron chi connectivity index (χ3n) is 13.4. The van der Waals surface area contributed by atoms with E-state index < -0.39 is 70.2 Å². The van der Waals surface area contributed by atoms with Gasteiger partial charge in [-0.2, -0.15) is 0 Å². The highest BCUT2D eigenvalue weighted by Gasteiger charge is 2.80. The molecule has 7 aliphatic rings. The predicted octanol–water partition coefficient (Wildman–Crippen LogP) is 5.76. The molecular formula is C38H52FNO10. The number of fused-ring (bicyclic) bond motifs is 7. The highest BCUT2D eigenvalue weighted by molar-refractivity contribution is 6.01. The van der Waals surface area contributed by atoms with Crippen LogP contribution in [0.5, 0.6) is 0 Å². The second kappa shape index (κ2) is 11.3. The molecule has 1 amide bonds. The van der Waals surface area contributed by atoms with Crippen molar-refractivity contribution in [2.75, 3.05) is 19.7 Å². The quantitative estimate of drug-likeness (QED) is 0.360. The number of rotatable bonds is 4. The van der Waals surface area contributed by atoms with Gasteiger partial charge < -0.3 is 33.7 Å². The van der Waals surface area contributed by atoms with Crippen molar-refractivity contribution >= 4 is 23.8 Å². The van der Waals surface area contributed by atoms with Crippen LogP contribution >= 0.6 is 0 Å². The van der Waals surface area contributed by atoms with Gasteiger partial charge in [-0.1, -0.05) is 18.6 Å². The molecule has 2 saturated heterocycles. The van der Waals surface area contributed by atoms with Gasteiger partial charge in [0.15, 0.2) is 29.4 Å². The third-order valence-corrected chi connectivity index (χ3v) is 13.4. The van der Waals surface area contributed by atoms with Gasteiger partial charge in [0.2, 0.25) is 5.78 Å². The van der Waals surface area contributed by atoms with E-state index >= 15 is 4.39 Å². The minimum Gasteiger partial charge on any atom is -0.444 e. The zero-order valence-electron chi connectivity index (χ0n) is 30.3. The average molecular weight is 702 g/mol. The molecule has 1 N–H and O–H groups in total. The number of piperidine rings is 1. The van der Waals surface area contributed by atoms with Gasteiger partial charge in [-0.3, -0.25) is 9.59 Å². The summed E-state index contributed by atoms with van der Waals surface area (Å²) in [6, 6.07) is 0. The van der Waals surface area contributed by atoms with Gasteiger partial charge in [0.25, 0.3) is 0 Å². The number of aliphatic hydroxyl groups excluding tert-OH is 1. The van der Waals surface area contributed by atoms with E-state index in [0.29, 0.717) is 50.8 Å². The molecule has 50 heavy (non-hydrogen) atoms. The van der Waals surface area contributed by atoms with Gasteiger partial charge in [-0.05, 0) is 116 Å². The summed E-state index contributed by atoms with van der Waals surface area (Å²) < 4.78 is 47.1. The topological polar surface area (TPSA) is 138 Å². The van der Waals surface area contributed by atoms with Gasteiger partial charge >= 0.3 is 12.2 Å². The molecule has 2 aliphatic heterocycles. The summed E-state index contributed by atoms with van der Waals surface area (Å²) in [6.07, 6.45) is 4.72. The van der Waals surface area contributed by atoms with Crippen LogP contribution in [0.4, 0.5) is 14.0 Å². The van der Waals surface area contributed by atoms with Gasteiger partial charge in [0.05, 0.1) is 12.2 Å². The van der Waals surface area contributed by atoms with E-state index in [1.165, 1.54) is 12.2 Å². The number of hydrogen-bond donors (Lipinski definition) is 1. The van der Waals surface area contributed by atoms with E-state index in [1.54, 1.807) is 31.7 Å². The molecule has 0 unspecified atom stereocenters. The number of alkyl halides is 1. The normalized spacial score (nSPS) is 41.3. The number of hydrogen-bond acceptors (Lipinski definition) is 10. The Morgan fingerprint density at radius 1 is 1.06 bits per heavy atom. The van der Waals surface area contributed by atoms with Crippen LogP contribution in [0.25, 0.3) is 0 Å². The van der Waals surface area contributed by atoms with E-state index in [-0.39, 0.29) is 35.7 Å². The molecule has 0 aromatic carbocycles. The summed E-state index contributed by atoms with van der Waals surface area (Å²) in [5.41, 5.74) is -5.73. The molecule has 0 radical (unpaired) electrons. The number of carbonyl (C=O) groups excluding carboxylic acids is 4. The average Bonchev–Trinajstić information content (AvgIpc) is 3.41. The number of ether oxygens (including phenoxy) is 5. The maximum atomic E-state index is 17.7. The number of likely N-dealkylation sites (tertiary alicyclic amines) is 1. The van der Waals surface area contributed by atoms with E-state index in [1.807, 2.05) is 27.7 Å². The lowest BCUT2D eigenvalue weighted by molar-refractivity contribution is -0.246. The smallest absolute Gasteiger partial charge is 0.444 e. The van der Waals surface area contributed by atoms with Gasteiger partial charge in [0, 0.05) is 29.8 Å². The van der Waals surface area contributed by atoms with Crippen molar-refractivity contribution in [3.05, 3.63) is 23.8 Å². The summed E-state index contributed by atoms with van der Waals surface area (Å²) in [7, 11) is 0. The minimum atomic E-state index is -2.07. The van der Waals surface area contributed by atoms with Crippen molar-refractivity contribution in [2.24, 2.45) is 28.1 Å². The lowest BCUT2D eigenvalue weighted by Crippen LogP contribution is -2.70. The summed E-state index contributed by atoms with van der Waals surface area (Å²) >= 11 is 0. The molecule has 0 bridgehead atoms. The van der Waals surface area contributed by atoms with Crippen LogP contribution in [0.2, 0.25) is 0 Å². The standard InChI is InChI=1S/C38H52FNO10/c1-32(2,3)49-30(44)40-14-12-36(13-15-40)18-24(19-36)47-31(45)46-21-28(43)38-29(48-33(4,5)50-38)17-26-25-9-8-22-16-23(41)10-11-34(22,6)37(25,39)27(42)20-35(26,38)7/h10-11,16,24-27,29,42H,8-9,12-15,17-21H2,1-7H3/t25-,26-,27-,29+,34-,35-,37-,38+/m0/s1. The molecular weight excluding hydrogens is 649 g/mol. The Morgan fingerprint density at radius 3 is 2.40 bits per heavy atom. The molecule has 4 saturated carbocycles. The second-order valence-electron chi connectivity index (χ2n) is 17.9. The van der Waals surface area contributed by atoms with Crippen molar-refractivity contribution in [3.8, 4) is 0 Å². The Bertz CT molecular complexity index is 1530. The number of allylic oxidation sites excluding steroid dienone is 4. The Kier molecular flexibility index (Phi) is 8.06. The van der Waals surface area contributed by atoms with E-state index in [2.05, 4.69) is 0 Å². The molecule has 2 heterocycles. The first-order valence-corrected chi connectivity index (χ1v) is 18.2. The second-order valence-corrected chi connectivity index (χ2v) is 17.9. The first-order valence-electron chi connectivity index (χ1n) is 18.2. The number of halogens is 1. The van der Waals surface area contributed by atoms with Crippen LogP contribution in [0.15, 0.2) is 23.8 Å². The van der Waals surface area contributed by atoms with Crippen LogP contribution < -0.4 is 0 Å². The number of amides is 1. The van der Waals surface area contributed by atoms with Crippen molar-refractivity contribution in [1.82, 2.24) is 4.90 Å². The molecule has 1 spiro atoms. The minimum absolute atomic E-state index is 0.0112.